The molecule has 22 heavy (non-hydrogen) atoms. The second-order valence-corrected chi connectivity index (χ2v) is 7.06. The summed E-state index contributed by atoms with van der Waals surface area (Å²) in [6, 6.07) is 0. The summed E-state index contributed by atoms with van der Waals surface area (Å²) in [5.41, 5.74) is 0.921. The van der Waals surface area contributed by atoms with Crippen LogP contribution in [0.25, 0.3) is 4.96 Å². The van der Waals surface area contributed by atoms with Crippen molar-refractivity contribution >= 4 is 28.2 Å². The molecule has 0 bridgehead atoms. The molecule has 3 heterocycles. The molecule has 1 N–H and O–H groups in total. The maximum atomic E-state index is 12.5. The second kappa shape index (κ2) is 5.08. The Bertz CT molecular complexity index is 733. The fourth-order valence-corrected chi connectivity index (χ4v) is 4.31. The number of amides is 1. The third-order valence-electron chi connectivity index (χ3n) is 4.81. The number of rotatable bonds is 4. The fraction of sp³-hybridized carbons (Fsp3) is 0.533. The molecule has 116 valence electrons. The van der Waals surface area contributed by atoms with Crippen molar-refractivity contribution in [2.45, 2.75) is 19.3 Å². The SMILES string of the molecule is O=C(O)[C@H]1CN(C(=O)Cc2csc3nccn23)C[C@@H]1C1CC1. The van der Waals surface area contributed by atoms with E-state index in [1.165, 1.54) is 11.3 Å². The van der Waals surface area contributed by atoms with Gasteiger partial charge in [-0.2, -0.15) is 0 Å². The summed E-state index contributed by atoms with van der Waals surface area (Å²) in [5, 5.41) is 11.3. The molecule has 1 saturated heterocycles. The van der Waals surface area contributed by atoms with Crippen LogP contribution in [0.5, 0.6) is 0 Å². The van der Waals surface area contributed by atoms with E-state index in [1.54, 1.807) is 11.1 Å². The van der Waals surface area contributed by atoms with Crippen LogP contribution in [-0.4, -0.2) is 44.4 Å². The Morgan fingerprint density at radius 2 is 2.18 bits per heavy atom. The Hall–Kier alpha value is -1.89. The van der Waals surface area contributed by atoms with E-state index in [2.05, 4.69) is 4.98 Å². The number of hydrogen-bond donors (Lipinski definition) is 1. The lowest BCUT2D eigenvalue weighted by molar-refractivity contribution is -0.142. The number of hydrogen-bond acceptors (Lipinski definition) is 4. The summed E-state index contributed by atoms with van der Waals surface area (Å²) in [4.78, 5) is 30.8. The molecule has 2 atom stereocenters. The lowest BCUT2D eigenvalue weighted by Gasteiger charge is -2.16. The summed E-state index contributed by atoms with van der Waals surface area (Å²) in [6.45, 7) is 0.949. The Labute approximate surface area is 131 Å². The zero-order valence-corrected chi connectivity index (χ0v) is 12.8. The minimum Gasteiger partial charge on any atom is -0.481 e. The van der Waals surface area contributed by atoms with Crippen LogP contribution in [0.4, 0.5) is 0 Å². The molecule has 0 radical (unpaired) electrons. The molecule has 0 aromatic carbocycles. The molecule has 2 aromatic heterocycles. The van der Waals surface area contributed by atoms with Crippen LogP contribution in [0, 0.1) is 17.8 Å². The predicted molar refractivity (Wildman–Crippen MR) is 80.7 cm³/mol. The monoisotopic (exact) mass is 319 g/mol. The number of fused-ring (bicyclic) bond motifs is 1. The highest BCUT2D eigenvalue weighted by atomic mass is 32.1. The Morgan fingerprint density at radius 3 is 2.91 bits per heavy atom. The van der Waals surface area contributed by atoms with E-state index in [0.29, 0.717) is 25.4 Å². The Balaban J connectivity index is 1.49. The van der Waals surface area contributed by atoms with Crippen molar-refractivity contribution in [3.8, 4) is 0 Å². The quantitative estimate of drug-likeness (QED) is 0.927. The lowest BCUT2D eigenvalue weighted by Crippen LogP contribution is -2.31. The third-order valence-corrected chi connectivity index (χ3v) is 5.71. The van der Waals surface area contributed by atoms with Crippen molar-refractivity contribution in [1.29, 1.82) is 0 Å². The first kappa shape index (κ1) is 13.8. The van der Waals surface area contributed by atoms with Crippen molar-refractivity contribution < 1.29 is 14.7 Å². The first-order valence-electron chi connectivity index (χ1n) is 7.53. The molecule has 1 amide bonds. The van der Waals surface area contributed by atoms with Gasteiger partial charge in [-0.1, -0.05) is 0 Å². The van der Waals surface area contributed by atoms with Crippen molar-refractivity contribution in [3.05, 3.63) is 23.5 Å². The summed E-state index contributed by atoms with van der Waals surface area (Å²) < 4.78 is 1.92. The van der Waals surface area contributed by atoms with E-state index < -0.39 is 11.9 Å². The van der Waals surface area contributed by atoms with Crippen LogP contribution in [0.2, 0.25) is 0 Å². The number of carboxylic acids is 1. The molecule has 1 saturated carbocycles. The number of aliphatic carboxylic acids is 1. The predicted octanol–water partition coefficient (Wildman–Crippen LogP) is 1.51. The molecular formula is C15H17N3O3S. The smallest absolute Gasteiger partial charge is 0.308 e. The average molecular weight is 319 g/mol. The number of nitrogens with zero attached hydrogens (tertiary/aromatic N) is 3. The normalized spacial score (nSPS) is 25.0. The lowest BCUT2D eigenvalue weighted by atomic mass is 9.92. The maximum absolute atomic E-state index is 12.5. The molecule has 1 aliphatic carbocycles. The van der Waals surface area contributed by atoms with E-state index in [0.717, 1.165) is 23.5 Å². The molecule has 4 rings (SSSR count). The largest absolute Gasteiger partial charge is 0.481 e. The Morgan fingerprint density at radius 1 is 1.36 bits per heavy atom. The number of carboxylic acid groups (broad SMARTS) is 1. The van der Waals surface area contributed by atoms with Crippen molar-refractivity contribution in [1.82, 2.24) is 14.3 Å². The van der Waals surface area contributed by atoms with Crippen LogP contribution in [-0.2, 0) is 16.0 Å². The number of likely N-dealkylation sites (tertiary alicyclic amines) is 1. The highest BCUT2D eigenvalue weighted by Gasteiger charge is 2.46. The molecule has 2 fully saturated rings. The first-order chi connectivity index (χ1) is 10.6. The number of thiazole rings is 1. The minimum atomic E-state index is -0.764. The van der Waals surface area contributed by atoms with Gasteiger partial charge in [0.2, 0.25) is 5.91 Å². The van der Waals surface area contributed by atoms with Crippen LogP contribution in [0.1, 0.15) is 18.5 Å². The van der Waals surface area contributed by atoms with E-state index >= 15 is 0 Å². The van der Waals surface area contributed by atoms with Crippen LogP contribution < -0.4 is 0 Å². The molecule has 2 aromatic rings. The molecule has 2 aliphatic rings. The summed E-state index contributed by atoms with van der Waals surface area (Å²) in [6.07, 6.45) is 6.10. The summed E-state index contributed by atoms with van der Waals surface area (Å²) in [7, 11) is 0. The van der Waals surface area contributed by atoms with Gasteiger partial charge < -0.3 is 10.0 Å². The number of aromatic nitrogens is 2. The van der Waals surface area contributed by atoms with Gasteiger partial charge in [-0.05, 0) is 24.7 Å². The molecule has 0 spiro atoms. The van der Waals surface area contributed by atoms with Gasteiger partial charge in [-0.15, -0.1) is 11.3 Å². The van der Waals surface area contributed by atoms with Gasteiger partial charge in [0.25, 0.3) is 0 Å². The van der Waals surface area contributed by atoms with E-state index in [1.807, 2.05) is 16.0 Å². The topological polar surface area (TPSA) is 74.9 Å². The molecule has 1 aliphatic heterocycles. The fourth-order valence-electron chi connectivity index (χ4n) is 3.46. The van der Waals surface area contributed by atoms with Crippen molar-refractivity contribution in [2.75, 3.05) is 13.1 Å². The van der Waals surface area contributed by atoms with Gasteiger partial charge in [-0.25, -0.2) is 4.98 Å². The zero-order valence-electron chi connectivity index (χ0n) is 12.0. The average Bonchev–Trinajstić information content (AvgIpc) is 2.93. The molecule has 0 unspecified atom stereocenters. The van der Waals surface area contributed by atoms with Crippen LogP contribution in [0.3, 0.4) is 0 Å². The van der Waals surface area contributed by atoms with E-state index in [-0.39, 0.29) is 11.8 Å². The molecule has 6 nitrogen and oxygen atoms in total. The number of carbonyl (C=O) groups excluding carboxylic acids is 1. The zero-order chi connectivity index (χ0) is 15.3. The van der Waals surface area contributed by atoms with Crippen molar-refractivity contribution in [2.24, 2.45) is 17.8 Å². The maximum Gasteiger partial charge on any atom is 0.308 e. The van der Waals surface area contributed by atoms with E-state index in [9.17, 15) is 14.7 Å². The summed E-state index contributed by atoms with van der Waals surface area (Å²) >= 11 is 1.51. The number of imidazole rings is 1. The first-order valence-corrected chi connectivity index (χ1v) is 8.41. The summed E-state index contributed by atoms with van der Waals surface area (Å²) in [5.74, 6) is -0.507. The van der Waals surface area contributed by atoms with Gasteiger partial charge in [0.15, 0.2) is 4.96 Å². The molecular weight excluding hydrogens is 302 g/mol. The Kier molecular flexibility index (Phi) is 3.18. The van der Waals surface area contributed by atoms with Crippen LogP contribution >= 0.6 is 11.3 Å². The highest BCUT2D eigenvalue weighted by molar-refractivity contribution is 7.15. The van der Waals surface area contributed by atoms with Crippen LogP contribution in [0.15, 0.2) is 17.8 Å². The van der Waals surface area contributed by atoms with Gasteiger partial charge >= 0.3 is 5.97 Å². The molecule has 7 heteroatoms. The van der Waals surface area contributed by atoms with Gasteiger partial charge in [0.05, 0.1) is 12.3 Å². The highest BCUT2D eigenvalue weighted by Crippen LogP contribution is 2.44. The standard InChI is InChI=1S/C15H17N3O3S/c19-13(5-10-8-22-15-16-3-4-18(10)15)17-6-11(9-1-2-9)12(7-17)14(20)21/h3-4,8-9,11-12H,1-2,5-7H2,(H,20,21)/t11-,12+/m1/s1. The third kappa shape index (κ3) is 2.29. The number of carbonyl (C=O) groups is 2. The van der Waals surface area contributed by atoms with E-state index in [4.69, 9.17) is 0 Å². The second-order valence-electron chi connectivity index (χ2n) is 6.23. The van der Waals surface area contributed by atoms with Gasteiger partial charge in [-0.3, -0.25) is 14.0 Å². The van der Waals surface area contributed by atoms with Gasteiger partial charge in [0.1, 0.15) is 0 Å². The van der Waals surface area contributed by atoms with Gasteiger partial charge in [0, 0.05) is 36.6 Å². The minimum absolute atomic E-state index is 0.0165. The van der Waals surface area contributed by atoms with Crippen molar-refractivity contribution in [3.63, 3.8) is 0 Å².